The zero-order valence-corrected chi connectivity index (χ0v) is 14.5. The molecule has 0 fully saturated rings. The smallest absolute Gasteiger partial charge is 0.145 e. The zero-order chi connectivity index (χ0) is 13.5. The molecule has 0 heterocycles. The standard InChI is InChI=1S/C13H16I2O3/c1-2-3-4-5-6-18-12-10(14)7-9(13(16)17)8-11(12)15/h7-8H,2-6H2,1H3,(H,16,17)/p-1. The second kappa shape index (κ2) is 8.19. The van der Waals surface area contributed by atoms with Crippen LogP contribution in [0.4, 0.5) is 0 Å². The first-order valence-electron chi connectivity index (χ1n) is 5.89. The van der Waals surface area contributed by atoms with Crippen LogP contribution in [0.1, 0.15) is 43.0 Å². The molecule has 0 atom stereocenters. The minimum atomic E-state index is -1.15. The number of hydrogen-bond donors (Lipinski definition) is 0. The van der Waals surface area contributed by atoms with Crippen molar-refractivity contribution in [1.29, 1.82) is 0 Å². The van der Waals surface area contributed by atoms with Gasteiger partial charge in [-0.25, -0.2) is 0 Å². The van der Waals surface area contributed by atoms with E-state index in [1.807, 2.05) is 0 Å². The largest absolute Gasteiger partial charge is 0.545 e. The van der Waals surface area contributed by atoms with Gasteiger partial charge in [0.15, 0.2) is 0 Å². The Hall–Kier alpha value is -0.0500. The van der Waals surface area contributed by atoms with Crippen LogP contribution < -0.4 is 9.84 Å². The molecule has 0 aliphatic carbocycles. The van der Waals surface area contributed by atoms with Crippen molar-refractivity contribution in [3.8, 4) is 5.75 Å². The predicted molar refractivity (Wildman–Crippen MR) is 85.8 cm³/mol. The lowest BCUT2D eigenvalue weighted by atomic mass is 10.2. The maximum atomic E-state index is 10.8. The Morgan fingerprint density at radius 2 is 1.83 bits per heavy atom. The summed E-state index contributed by atoms with van der Waals surface area (Å²) in [6.07, 6.45) is 4.62. The average Bonchev–Trinajstić information content (AvgIpc) is 2.31. The van der Waals surface area contributed by atoms with E-state index >= 15 is 0 Å². The van der Waals surface area contributed by atoms with E-state index in [4.69, 9.17) is 4.74 Å². The third-order valence-corrected chi connectivity index (χ3v) is 4.08. The minimum Gasteiger partial charge on any atom is -0.545 e. The molecule has 1 aromatic rings. The van der Waals surface area contributed by atoms with Gasteiger partial charge in [0.2, 0.25) is 0 Å². The summed E-state index contributed by atoms with van der Waals surface area (Å²) in [5.74, 6) is -0.377. The fourth-order valence-electron chi connectivity index (χ4n) is 1.52. The van der Waals surface area contributed by atoms with Crippen molar-refractivity contribution in [1.82, 2.24) is 0 Å². The SMILES string of the molecule is CCCCCCOc1c(I)cc(C(=O)[O-])cc1I. The lowest BCUT2D eigenvalue weighted by Gasteiger charge is -2.12. The molecule has 1 aromatic carbocycles. The van der Waals surface area contributed by atoms with Crippen molar-refractivity contribution in [3.63, 3.8) is 0 Å². The monoisotopic (exact) mass is 473 g/mol. The Labute approximate surface area is 135 Å². The maximum Gasteiger partial charge on any atom is 0.145 e. The van der Waals surface area contributed by atoms with Crippen molar-refractivity contribution in [2.45, 2.75) is 32.6 Å². The third-order valence-electron chi connectivity index (χ3n) is 2.48. The highest BCUT2D eigenvalue weighted by Gasteiger charge is 2.09. The molecule has 3 nitrogen and oxygen atoms in total. The number of ether oxygens (including phenoxy) is 1. The number of unbranched alkanes of at least 4 members (excludes halogenated alkanes) is 3. The molecule has 0 saturated heterocycles. The van der Waals surface area contributed by atoms with Crippen molar-refractivity contribution in [3.05, 3.63) is 24.8 Å². The lowest BCUT2D eigenvalue weighted by Crippen LogP contribution is -2.22. The molecule has 0 N–H and O–H groups in total. The van der Waals surface area contributed by atoms with Gasteiger partial charge in [0, 0.05) is 0 Å². The van der Waals surface area contributed by atoms with Crippen molar-refractivity contribution >= 4 is 51.2 Å². The molecular weight excluding hydrogens is 458 g/mol. The number of halogens is 2. The summed E-state index contributed by atoms with van der Waals surface area (Å²) in [7, 11) is 0. The summed E-state index contributed by atoms with van der Waals surface area (Å²) >= 11 is 4.18. The van der Waals surface area contributed by atoms with E-state index in [0.717, 1.165) is 19.3 Å². The highest BCUT2D eigenvalue weighted by Crippen LogP contribution is 2.29. The highest BCUT2D eigenvalue weighted by atomic mass is 127. The van der Waals surface area contributed by atoms with Crippen LogP contribution in [0.2, 0.25) is 0 Å². The Kier molecular flexibility index (Phi) is 7.28. The third kappa shape index (κ3) is 4.91. The summed E-state index contributed by atoms with van der Waals surface area (Å²) in [5, 5.41) is 10.8. The highest BCUT2D eigenvalue weighted by molar-refractivity contribution is 14.1. The van der Waals surface area contributed by atoms with E-state index in [2.05, 4.69) is 52.1 Å². The van der Waals surface area contributed by atoms with E-state index < -0.39 is 5.97 Å². The first-order chi connectivity index (χ1) is 8.56. The van der Waals surface area contributed by atoms with Crippen LogP contribution >= 0.6 is 45.2 Å². The van der Waals surface area contributed by atoms with Gasteiger partial charge in [-0.1, -0.05) is 26.2 Å². The number of carboxylic acids is 1. The molecule has 0 amide bonds. The van der Waals surface area contributed by atoms with E-state index in [-0.39, 0.29) is 5.56 Å². The van der Waals surface area contributed by atoms with Crippen LogP contribution in [0.5, 0.6) is 5.75 Å². The number of aromatic carboxylic acids is 1. The van der Waals surface area contributed by atoms with Gasteiger partial charge >= 0.3 is 0 Å². The zero-order valence-electron chi connectivity index (χ0n) is 10.2. The molecule has 0 aliphatic rings. The quantitative estimate of drug-likeness (QED) is 0.452. The van der Waals surface area contributed by atoms with Gasteiger partial charge in [-0.3, -0.25) is 0 Å². The number of carbonyl (C=O) groups excluding carboxylic acids is 1. The van der Waals surface area contributed by atoms with Gasteiger partial charge in [-0.05, 0) is 69.3 Å². The topological polar surface area (TPSA) is 49.4 Å². The summed E-state index contributed by atoms with van der Waals surface area (Å²) in [5.41, 5.74) is 0.196. The van der Waals surface area contributed by atoms with E-state index in [1.54, 1.807) is 12.1 Å². The molecule has 100 valence electrons. The molecule has 5 heteroatoms. The molecule has 0 unspecified atom stereocenters. The van der Waals surface area contributed by atoms with Crippen LogP contribution in [0.15, 0.2) is 12.1 Å². The van der Waals surface area contributed by atoms with Crippen LogP contribution in [-0.4, -0.2) is 12.6 Å². The first kappa shape index (κ1) is 16.0. The fraction of sp³-hybridized carbons (Fsp3) is 0.462. The Balaban J connectivity index is 2.63. The maximum absolute atomic E-state index is 10.8. The van der Waals surface area contributed by atoms with E-state index in [1.165, 1.54) is 19.3 Å². The molecule has 18 heavy (non-hydrogen) atoms. The van der Waals surface area contributed by atoms with Crippen molar-refractivity contribution in [2.75, 3.05) is 6.61 Å². The normalized spacial score (nSPS) is 10.4. The molecule has 0 aliphatic heterocycles. The fourth-order valence-corrected chi connectivity index (χ4v) is 3.60. The number of hydrogen-bond acceptors (Lipinski definition) is 3. The number of rotatable bonds is 7. The minimum absolute atomic E-state index is 0.196. The molecule has 0 saturated carbocycles. The van der Waals surface area contributed by atoms with Crippen LogP contribution in [0.3, 0.4) is 0 Å². The van der Waals surface area contributed by atoms with Gasteiger partial charge in [-0.2, -0.15) is 0 Å². The average molecular weight is 473 g/mol. The number of carboxylic acid groups (broad SMARTS) is 1. The van der Waals surface area contributed by atoms with E-state index in [9.17, 15) is 9.90 Å². The summed E-state index contributed by atoms with van der Waals surface area (Å²) in [6.45, 7) is 2.85. The van der Waals surface area contributed by atoms with Gasteiger partial charge in [0.05, 0.1) is 19.7 Å². The van der Waals surface area contributed by atoms with Crippen molar-refractivity contribution < 1.29 is 14.6 Å². The van der Waals surface area contributed by atoms with Crippen LogP contribution in [0, 0.1) is 7.14 Å². The summed E-state index contributed by atoms with van der Waals surface area (Å²) < 4.78 is 7.35. The second-order valence-electron chi connectivity index (χ2n) is 3.97. The second-order valence-corrected chi connectivity index (χ2v) is 6.29. The lowest BCUT2D eigenvalue weighted by molar-refractivity contribution is -0.255. The summed E-state index contributed by atoms with van der Waals surface area (Å²) in [6, 6.07) is 3.17. The Morgan fingerprint density at radius 1 is 1.22 bits per heavy atom. The van der Waals surface area contributed by atoms with Crippen molar-refractivity contribution in [2.24, 2.45) is 0 Å². The van der Waals surface area contributed by atoms with Gasteiger partial charge in [-0.15, -0.1) is 0 Å². The molecule has 0 spiro atoms. The first-order valence-corrected chi connectivity index (χ1v) is 8.05. The summed E-state index contributed by atoms with van der Waals surface area (Å²) in [4.78, 5) is 10.8. The Bertz CT molecular complexity index is 396. The molecule has 0 bridgehead atoms. The van der Waals surface area contributed by atoms with Gasteiger partial charge < -0.3 is 14.6 Å². The predicted octanol–water partition coefficient (Wildman–Crippen LogP) is 3.22. The molecule has 1 rings (SSSR count). The van der Waals surface area contributed by atoms with Gasteiger partial charge in [0.1, 0.15) is 5.75 Å². The molecule has 0 radical (unpaired) electrons. The molecule has 0 aromatic heterocycles. The van der Waals surface area contributed by atoms with Crippen LogP contribution in [0.25, 0.3) is 0 Å². The molecular formula is C13H15I2O3-. The number of benzene rings is 1. The van der Waals surface area contributed by atoms with Crippen LogP contribution in [-0.2, 0) is 0 Å². The van der Waals surface area contributed by atoms with Gasteiger partial charge in [0.25, 0.3) is 0 Å². The van der Waals surface area contributed by atoms with E-state index in [0.29, 0.717) is 6.61 Å². The number of carbonyl (C=O) groups is 1. The Morgan fingerprint density at radius 3 is 2.33 bits per heavy atom.